The highest BCUT2D eigenvalue weighted by molar-refractivity contribution is 7.92. The van der Waals surface area contributed by atoms with Crippen molar-refractivity contribution in [3.05, 3.63) is 83.6 Å². The number of H-pyrrole nitrogens is 1. The largest absolute Gasteiger partial charge is 0.495 e. The highest BCUT2D eigenvalue weighted by Crippen LogP contribution is 2.33. The van der Waals surface area contributed by atoms with Crippen LogP contribution in [0.15, 0.2) is 60.9 Å². The molecule has 0 saturated carbocycles. The van der Waals surface area contributed by atoms with Crippen molar-refractivity contribution in [2.24, 2.45) is 0 Å². The summed E-state index contributed by atoms with van der Waals surface area (Å²) >= 11 is 5.64. The van der Waals surface area contributed by atoms with Crippen LogP contribution in [0.1, 0.15) is 28.0 Å². The summed E-state index contributed by atoms with van der Waals surface area (Å²) in [6, 6.07) is 12.4. The molecule has 0 radical (unpaired) electrons. The van der Waals surface area contributed by atoms with Crippen molar-refractivity contribution in [1.82, 2.24) is 19.7 Å². The molecule has 0 spiro atoms. The third-order valence-corrected chi connectivity index (χ3v) is 8.01. The smallest absolute Gasteiger partial charge is 0.232 e. The number of alkyl halides is 1. The molecule has 0 aliphatic carbocycles. The molecule has 3 heterocycles. The lowest BCUT2D eigenvalue weighted by Gasteiger charge is -2.11. The number of hydrogen-bond acceptors (Lipinski definition) is 8. The molecule has 0 aliphatic heterocycles. The Bertz CT molecular complexity index is 1910. The molecule has 0 bridgehead atoms. The van der Waals surface area contributed by atoms with Crippen LogP contribution in [0.4, 0.5) is 15.9 Å². The van der Waals surface area contributed by atoms with Crippen LogP contribution >= 0.6 is 11.6 Å². The van der Waals surface area contributed by atoms with Crippen LogP contribution in [0.3, 0.4) is 0 Å². The van der Waals surface area contributed by atoms with Gasteiger partial charge in [0.15, 0.2) is 11.6 Å². The van der Waals surface area contributed by atoms with E-state index in [1.165, 1.54) is 36.3 Å². The third-order valence-electron chi connectivity index (χ3n) is 6.39. The minimum atomic E-state index is -3.66. The number of hydrogen-bond donors (Lipinski definition) is 3. The summed E-state index contributed by atoms with van der Waals surface area (Å²) in [4.78, 5) is 20.7. The molecule has 5 aromatic rings. The average Bonchev–Trinajstić information content (AvgIpc) is 3.55. The summed E-state index contributed by atoms with van der Waals surface area (Å²) in [5, 5.41) is 4.91. The molecule has 0 amide bonds. The van der Waals surface area contributed by atoms with Crippen LogP contribution in [-0.4, -0.2) is 52.7 Å². The van der Waals surface area contributed by atoms with Crippen molar-refractivity contribution < 1.29 is 27.1 Å². The van der Waals surface area contributed by atoms with Gasteiger partial charge in [-0.25, -0.2) is 22.5 Å². The topological polar surface area (TPSA) is 154 Å². The van der Waals surface area contributed by atoms with E-state index in [9.17, 15) is 17.6 Å². The number of aryl methyl sites for hydroxylation is 1. The predicted molar refractivity (Wildman–Crippen MR) is 158 cm³/mol. The van der Waals surface area contributed by atoms with E-state index in [1.54, 1.807) is 43.3 Å². The predicted octanol–water partition coefficient (Wildman–Crippen LogP) is 5.18. The molecule has 0 unspecified atom stereocenters. The van der Waals surface area contributed by atoms with Crippen LogP contribution in [0.25, 0.3) is 16.6 Å². The monoisotopic (exact) mass is 612 g/mol. The lowest BCUT2D eigenvalue weighted by atomic mass is 10.1. The number of nitrogens with two attached hydrogens (primary N) is 1. The van der Waals surface area contributed by atoms with E-state index >= 15 is 0 Å². The molecule has 0 aliphatic rings. The van der Waals surface area contributed by atoms with Crippen molar-refractivity contribution in [3.8, 4) is 23.1 Å². The maximum Gasteiger partial charge on any atom is 0.232 e. The second-order valence-electron chi connectivity index (χ2n) is 9.31. The first-order valence-corrected chi connectivity index (χ1v) is 14.8. The van der Waals surface area contributed by atoms with Gasteiger partial charge in [-0.2, -0.15) is 5.10 Å². The number of aromatic amines is 1. The number of benzene rings is 2. The fourth-order valence-electron chi connectivity index (χ4n) is 4.30. The van der Waals surface area contributed by atoms with Crippen molar-refractivity contribution >= 4 is 49.8 Å². The van der Waals surface area contributed by atoms with Crippen LogP contribution < -0.4 is 19.9 Å². The van der Waals surface area contributed by atoms with Gasteiger partial charge in [0.2, 0.25) is 21.7 Å². The van der Waals surface area contributed by atoms with Gasteiger partial charge in [0, 0.05) is 22.8 Å². The Morgan fingerprint density at radius 1 is 1.17 bits per heavy atom. The van der Waals surface area contributed by atoms with E-state index in [-0.39, 0.29) is 51.8 Å². The molecule has 218 valence electrons. The number of pyridine rings is 1. The number of rotatable bonds is 11. The minimum Gasteiger partial charge on any atom is -0.495 e. The lowest BCUT2D eigenvalue weighted by Crippen LogP contribution is -2.17. The summed E-state index contributed by atoms with van der Waals surface area (Å²) in [6.07, 6.45) is 3.11. The number of para-hydroxylation sites is 1. The van der Waals surface area contributed by atoms with Gasteiger partial charge >= 0.3 is 0 Å². The van der Waals surface area contributed by atoms with Crippen LogP contribution in [-0.2, 0) is 10.0 Å². The molecule has 0 atom stereocenters. The number of carbonyl (C=O) groups is 1. The molecule has 5 rings (SSSR count). The summed E-state index contributed by atoms with van der Waals surface area (Å²) in [7, 11) is -2.24. The second kappa shape index (κ2) is 11.7. The third kappa shape index (κ3) is 5.87. The first-order valence-electron chi connectivity index (χ1n) is 12.6. The fraction of sp³-hybridized carbons (Fsp3) is 0.179. The van der Waals surface area contributed by atoms with Gasteiger partial charge < -0.3 is 20.2 Å². The number of ketones is 1. The molecule has 0 saturated heterocycles. The molecular weight excluding hydrogens is 587 g/mol. The van der Waals surface area contributed by atoms with Crippen LogP contribution in [0.5, 0.6) is 17.4 Å². The number of sulfonamides is 1. The van der Waals surface area contributed by atoms with E-state index in [0.717, 1.165) is 0 Å². The number of ether oxygens (including phenoxy) is 2. The number of nitrogens with one attached hydrogen (secondary N) is 2. The quantitative estimate of drug-likeness (QED) is 0.136. The SMILES string of the molecule is COc1cc2cc(C(=O)c3cnn(-c4cnc(Oc5ccccc5F)cc4C)c3N)[nH]c2cc1NS(=O)(=O)CCCCl. The standard InChI is InChI=1S/C28H26ClFN6O5S/c1-16-10-26(41-24-7-4-3-6-19(24)30)32-15-23(16)36-28(31)18(14-33-36)27(37)22-11-17-12-25(40-2)21(13-20(17)34-22)35-42(38,39)9-5-8-29/h3-4,6-7,10-15,34-35H,5,8-9,31H2,1-2H3. The Labute approximate surface area is 245 Å². The number of fused-ring (bicyclic) bond motifs is 1. The molecule has 4 N–H and O–H groups in total. The number of nitrogen functional groups attached to an aromatic ring is 1. The van der Waals surface area contributed by atoms with Crippen molar-refractivity contribution in [1.29, 1.82) is 0 Å². The van der Waals surface area contributed by atoms with Crippen molar-refractivity contribution in [2.45, 2.75) is 13.3 Å². The van der Waals surface area contributed by atoms with Gasteiger partial charge in [-0.15, -0.1) is 11.6 Å². The van der Waals surface area contributed by atoms with Gasteiger partial charge in [0.1, 0.15) is 11.6 Å². The number of nitrogens with zero attached hydrogens (tertiary/aromatic N) is 3. The highest BCUT2D eigenvalue weighted by Gasteiger charge is 2.22. The van der Waals surface area contributed by atoms with Crippen molar-refractivity contribution in [2.75, 3.05) is 29.2 Å². The zero-order valence-electron chi connectivity index (χ0n) is 22.5. The number of halogens is 2. The Balaban J connectivity index is 1.41. The maximum absolute atomic E-state index is 14.0. The zero-order valence-corrected chi connectivity index (χ0v) is 24.1. The highest BCUT2D eigenvalue weighted by atomic mass is 35.5. The van der Waals surface area contributed by atoms with Gasteiger partial charge in [-0.05, 0) is 49.2 Å². The number of carbonyl (C=O) groups excluding carboxylic acids is 1. The van der Waals surface area contributed by atoms with Gasteiger partial charge in [-0.1, -0.05) is 12.1 Å². The molecule has 11 nitrogen and oxygen atoms in total. The summed E-state index contributed by atoms with van der Waals surface area (Å²) in [5.41, 5.74) is 8.60. The van der Waals surface area contributed by atoms with Gasteiger partial charge in [0.25, 0.3) is 0 Å². The van der Waals surface area contributed by atoms with E-state index < -0.39 is 21.6 Å². The van der Waals surface area contributed by atoms with E-state index in [4.69, 9.17) is 26.8 Å². The van der Waals surface area contributed by atoms with E-state index in [1.807, 2.05) is 0 Å². The van der Waals surface area contributed by atoms with Crippen molar-refractivity contribution in [3.63, 3.8) is 0 Å². The Hall–Kier alpha value is -4.62. The van der Waals surface area contributed by atoms with E-state index in [2.05, 4.69) is 19.8 Å². The van der Waals surface area contributed by atoms with Crippen LogP contribution in [0.2, 0.25) is 0 Å². The summed E-state index contributed by atoms with van der Waals surface area (Å²) < 4.78 is 53.6. The second-order valence-corrected chi connectivity index (χ2v) is 11.5. The molecular formula is C28H26ClFN6O5S. The lowest BCUT2D eigenvalue weighted by molar-refractivity contribution is 0.103. The first kappa shape index (κ1) is 28.9. The average molecular weight is 613 g/mol. The molecule has 14 heteroatoms. The molecule has 42 heavy (non-hydrogen) atoms. The zero-order chi connectivity index (χ0) is 30.0. The molecule has 2 aromatic carbocycles. The maximum atomic E-state index is 14.0. The minimum absolute atomic E-state index is 0.0374. The van der Waals surface area contributed by atoms with Gasteiger partial charge in [0.05, 0.1) is 47.9 Å². The number of methoxy groups -OCH3 is 1. The summed E-state index contributed by atoms with van der Waals surface area (Å²) in [6.45, 7) is 1.78. The first-order chi connectivity index (χ1) is 20.1. The van der Waals surface area contributed by atoms with Crippen LogP contribution in [0, 0.1) is 12.7 Å². The summed E-state index contributed by atoms with van der Waals surface area (Å²) in [5.74, 6) is -0.299. The normalized spacial score (nSPS) is 11.5. The molecule has 0 fully saturated rings. The Morgan fingerprint density at radius 3 is 2.67 bits per heavy atom. The Morgan fingerprint density at radius 2 is 1.95 bits per heavy atom. The fourth-order valence-corrected chi connectivity index (χ4v) is 5.72. The van der Waals surface area contributed by atoms with E-state index in [0.29, 0.717) is 28.6 Å². The van der Waals surface area contributed by atoms with Gasteiger partial charge in [-0.3, -0.25) is 9.52 Å². The number of aromatic nitrogens is 4. The number of anilines is 2. The molecule has 3 aromatic heterocycles. The Kier molecular flexibility index (Phi) is 8.05.